The van der Waals surface area contributed by atoms with Crippen molar-refractivity contribution >= 4 is 0 Å². The molecule has 2 fully saturated rings. The van der Waals surface area contributed by atoms with Gasteiger partial charge in [0.15, 0.2) is 0 Å². The summed E-state index contributed by atoms with van der Waals surface area (Å²) in [4.78, 5) is 5.12. The lowest BCUT2D eigenvalue weighted by atomic mass is 9.90. The van der Waals surface area contributed by atoms with Gasteiger partial charge in [-0.15, -0.1) is 0 Å². The van der Waals surface area contributed by atoms with E-state index in [1.54, 1.807) is 0 Å². The van der Waals surface area contributed by atoms with Gasteiger partial charge in [0.25, 0.3) is 0 Å². The Kier molecular flexibility index (Phi) is 4.22. The van der Waals surface area contributed by atoms with Crippen molar-refractivity contribution in [3.05, 3.63) is 0 Å². The van der Waals surface area contributed by atoms with Crippen molar-refractivity contribution in [1.82, 2.24) is 15.1 Å². The van der Waals surface area contributed by atoms with Crippen molar-refractivity contribution in [3.8, 4) is 0 Å². The molecule has 0 spiro atoms. The Morgan fingerprint density at radius 2 is 1.75 bits per heavy atom. The smallest absolute Gasteiger partial charge is 0.0229 e. The van der Waals surface area contributed by atoms with Crippen LogP contribution in [0.3, 0.4) is 0 Å². The lowest BCUT2D eigenvalue weighted by Crippen LogP contribution is -2.42. The van der Waals surface area contributed by atoms with E-state index < -0.39 is 0 Å². The minimum Gasteiger partial charge on any atom is -0.317 e. The van der Waals surface area contributed by atoms with E-state index in [9.17, 15) is 0 Å². The second-order valence-electron chi connectivity index (χ2n) is 5.70. The molecule has 1 aliphatic heterocycles. The Hall–Kier alpha value is -0.120. The van der Waals surface area contributed by atoms with Crippen LogP contribution in [0.15, 0.2) is 0 Å². The van der Waals surface area contributed by atoms with E-state index in [4.69, 9.17) is 0 Å². The lowest BCUT2D eigenvalue weighted by molar-refractivity contribution is 0.163. The highest BCUT2D eigenvalue weighted by atomic mass is 15.2. The molecule has 1 saturated heterocycles. The summed E-state index contributed by atoms with van der Waals surface area (Å²) in [5.41, 5.74) is 0. The molecule has 3 heteroatoms. The fourth-order valence-corrected chi connectivity index (χ4v) is 3.25. The zero-order chi connectivity index (χ0) is 11.5. The largest absolute Gasteiger partial charge is 0.317 e. The summed E-state index contributed by atoms with van der Waals surface area (Å²) in [6.07, 6.45) is 6.88. The first-order valence-corrected chi connectivity index (χ1v) is 6.78. The SMILES string of the molecule is CNC1CCC(N2CCC(N(C)C)C2)CC1. The summed E-state index contributed by atoms with van der Waals surface area (Å²) in [7, 11) is 6.53. The molecule has 1 saturated carbocycles. The molecule has 0 bridgehead atoms. The van der Waals surface area contributed by atoms with Gasteiger partial charge in [-0.25, -0.2) is 0 Å². The van der Waals surface area contributed by atoms with Gasteiger partial charge in [-0.2, -0.15) is 0 Å². The number of rotatable bonds is 3. The first kappa shape index (κ1) is 12.3. The van der Waals surface area contributed by atoms with Gasteiger partial charge in [0, 0.05) is 31.2 Å². The van der Waals surface area contributed by atoms with Crippen molar-refractivity contribution in [1.29, 1.82) is 0 Å². The molecule has 0 amide bonds. The van der Waals surface area contributed by atoms with Gasteiger partial charge < -0.3 is 10.2 Å². The number of nitrogens with zero attached hydrogens (tertiary/aromatic N) is 2. The fourth-order valence-electron chi connectivity index (χ4n) is 3.25. The molecule has 0 aromatic heterocycles. The number of nitrogens with one attached hydrogen (secondary N) is 1. The van der Waals surface area contributed by atoms with Crippen molar-refractivity contribution in [3.63, 3.8) is 0 Å². The molecule has 1 aliphatic carbocycles. The van der Waals surface area contributed by atoms with Crippen molar-refractivity contribution < 1.29 is 0 Å². The highest BCUT2D eigenvalue weighted by Crippen LogP contribution is 2.26. The third-order valence-electron chi connectivity index (χ3n) is 4.55. The predicted octanol–water partition coefficient (Wildman–Crippen LogP) is 1.15. The van der Waals surface area contributed by atoms with Crippen LogP contribution in [0.5, 0.6) is 0 Å². The molecular weight excluding hydrogens is 198 g/mol. The Balaban J connectivity index is 1.78. The van der Waals surface area contributed by atoms with Gasteiger partial charge in [0.1, 0.15) is 0 Å². The Morgan fingerprint density at radius 1 is 1.06 bits per heavy atom. The average Bonchev–Trinajstić information content (AvgIpc) is 2.78. The van der Waals surface area contributed by atoms with Crippen LogP contribution >= 0.6 is 0 Å². The van der Waals surface area contributed by atoms with Crippen LogP contribution in [-0.2, 0) is 0 Å². The summed E-state index contributed by atoms with van der Waals surface area (Å²) in [6, 6.07) is 2.44. The first-order valence-electron chi connectivity index (χ1n) is 6.78. The molecule has 1 atom stereocenters. The van der Waals surface area contributed by atoms with Crippen molar-refractivity contribution in [2.75, 3.05) is 34.2 Å². The molecule has 0 aromatic rings. The maximum absolute atomic E-state index is 3.42. The van der Waals surface area contributed by atoms with Crippen molar-refractivity contribution in [2.45, 2.75) is 50.2 Å². The normalized spacial score (nSPS) is 37.1. The average molecular weight is 225 g/mol. The lowest BCUT2D eigenvalue weighted by Gasteiger charge is -2.34. The number of likely N-dealkylation sites (tertiary alicyclic amines) is 1. The zero-order valence-corrected chi connectivity index (χ0v) is 11.1. The van der Waals surface area contributed by atoms with Crippen LogP contribution in [0.1, 0.15) is 32.1 Å². The molecule has 16 heavy (non-hydrogen) atoms. The third-order valence-corrected chi connectivity index (χ3v) is 4.55. The number of hydrogen-bond donors (Lipinski definition) is 1. The van der Waals surface area contributed by atoms with Gasteiger partial charge in [-0.05, 0) is 53.2 Å². The van der Waals surface area contributed by atoms with Crippen LogP contribution in [0.2, 0.25) is 0 Å². The molecule has 0 aromatic carbocycles. The molecule has 3 nitrogen and oxygen atoms in total. The van der Waals surface area contributed by atoms with Crippen molar-refractivity contribution in [2.24, 2.45) is 0 Å². The van der Waals surface area contributed by atoms with E-state index in [0.29, 0.717) is 0 Å². The van der Waals surface area contributed by atoms with E-state index in [1.165, 1.54) is 45.2 Å². The molecule has 1 heterocycles. The highest BCUT2D eigenvalue weighted by Gasteiger charge is 2.31. The van der Waals surface area contributed by atoms with E-state index in [-0.39, 0.29) is 0 Å². The predicted molar refractivity (Wildman–Crippen MR) is 68.8 cm³/mol. The molecule has 2 rings (SSSR count). The molecule has 0 radical (unpaired) electrons. The minimum absolute atomic E-state index is 0.781. The van der Waals surface area contributed by atoms with Gasteiger partial charge in [0.05, 0.1) is 0 Å². The summed E-state index contributed by atoms with van der Waals surface area (Å²) >= 11 is 0. The fraction of sp³-hybridized carbons (Fsp3) is 1.00. The topological polar surface area (TPSA) is 18.5 Å². The number of likely N-dealkylation sites (N-methyl/N-ethyl adjacent to an activating group) is 1. The van der Waals surface area contributed by atoms with Gasteiger partial charge in [-0.1, -0.05) is 0 Å². The van der Waals surface area contributed by atoms with Gasteiger partial charge >= 0.3 is 0 Å². The standard InChI is InChI=1S/C13H27N3/c1-14-11-4-6-12(7-5-11)16-9-8-13(10-16)15(2)3/h11-14H,4-10H2,1-3H3. The van der Waals surface area contributed by atoms with Crippen LogP contribution in [0, 0.1) is 0 Å². The maximum atomic E-state index is 3.42. The molecule has 1 N–H and O–H groups in total. The highest BCUT2D eigenvalue weighted by molar-refractivity contribution is 4.88. The summed E-state index contributed by atoms with van der Waals surface area (Å²) in [5, 5.41) is 3.42. The number of hydrogen-bond acceptors (Lipinski definition) is 3. The quantitative estimate of drug-likeness (QED) is 0.777. The van der Waals surface area contributed by atoms with E-state index in [0.717, 1.165) is 18.1 Å². The van der Waals surface area contributed by atoms with E-state index in [2.05, 4.69) is 36.3 Å². The summed E-state index contributed by atoms with van der Waals surface area (Å²) in [5.74, 6) is 0. The van der Waals surface area contributed by atoms with E-state index in [1.807, 2.05) is 0 Å². The maximum Gasteiger partial charge on any atom is 0.0229 e. The Bertz CT molecular complexity index is 209. The summed E-state index contributed by atoms with van der Waals surface area (Å²) < 4.78 is 0. The van der Waals surface area contributed by atoms with Crippen LogP contribution < -0.4 is 5.32 Å². The second-order valence-corrected chi connectivity index (χ2v) is 5.70. The van der Waals surface area contributed by atoms with Crippen LogP contribution in [-0.4, -0.2) is 62.2 Å². The van der Waals surface area contributed by atoms with Gasteiger partial charge in [-0.3, -0.25) is 4.90 Å². The van der Waals surface area contributed by atoms with Gasteiger partial charge in [0.2, 0.25) is 0 Å². The van der Waals surface area contributed by atoms with Crippen LogP contribution in [0.4, 0.5) is 0 Å². The zero-order valence-electron chi connectivity index (χ0n) is 11.1. The first-order chi connectivity index (χ1) is 7.70. The molecule has 94 valence electrons. The minimum atomic E-state index is 0.781. The Labute approximate surface area is 100 Å². The monoisotopic (exact) mass is 225 g/mol. The summed E-state index contributed by atoms with van der Waals surface area (Å²) in [6.45, 7) is 2.61. The third kappa shape index (κ3) is 2.76. The molecule has 2 aliphatic rings. The van der Waals surface area contributed by atoms with Crippen LogP contribution in [0.25, 0.3) is 0 Å². The second kappa shape index (κ2) is 5.48. The Morgan fingerprint density at radius 3 is 2.25 bits per heavy atom. The molecule has 1 unspecified atom stereocenters. The van der Waals surface area contributed by atoms with E-state index >= 15 is 0 Å². The molecular formula is C13H27N3.